The Morgan fingerprint density at radius 1 is 1.25 bits per heavy atom. The van der Waals surface area contributed by atoms with Crippen LogP contribution in [0.15, 0.2) is 40.9 Å². The number of amides is 1. The monoisotopic (exact) mass is 334 g/mol. The third-order valence-electron chi connectivity index (χ3n) is 2.84. The van der Waals surface area contributed by atoms with Crippen LogP contribution >= 0.6 is 15.9 Å². The second-order valence-electron chi connectivity index (χ2n) is 4.30. The molecular weight excluding hydrogens is 320 g/mol. The molecule has 0 saturated carbocycles. The van der Waals surface area contributed by atoms with Crippen molar-refractivity contribution >= 4 is 27.7 Å². The maximum absolute atomic E-state index is 11.4. The molecule has 1 aromatic carbocycles. The van der Waals surface area contributed by atoms with E-state index in [0.717, 1.165) is 10.0 Å². The second-order valence-corrected chi connectivity index (χ2v) is 5.22. The number of benzene rings is 1. The Morgan fingerprint density at radius 2 is 2.05 bits per heavy atom. The molecule has 0 fully saturated rings. The lowest BCUT2D eigenvalue weighted by atomic mass is 10.1. The molecule has 0 radical (unpaired) electrons. The third kappa shape index (κ3) is 3.54. The van der Waals surface area contributed by atoms with Crippen molar-refractivity contribution in [2.24, 2.45) is 0 Å². The molecule has 0 aliphatic rings. The van der Waals surface area contributed by atoms with E-state index in [1.807, 2.05) is 31.2 Å². The van der Waals surface area contributed by atoms with Crippen LogP contribution in [0.4, 0.5) is 5.82 Å². The molecule has 0 aliphatic carbocycles. The summed E-state index contributed by atoms with van der Waals surface area (Å²) in [4.78, 5) is 11.4. The molecule has 104 valence electrons. The zero-order valence-electron chi connectivity index (χ0n) is 11.2. The molecule has 1 aromatic heterocycles. The lowest BCUT2D eigenvalue weighted by molar-refractivity contribution is 0.0957. The first-order valence-corrected chi connectivity index (χ1v) is 6.97. The van der Waals surface area contributed by atoms with Crippen molar-refractivity contribution in [2.75, 3.05) is 12.4 Å². The van der Waals surface area contributed by atoms with Crippen LogP contribution in [0.3, 0.4) is 0 Å². The standard InChI is InChI=1S/C14H15BrN4O/c1-9(10-4-3-5-11(15)8-10)17-13-7-6-12(18-19-13)14(20)16-2/h3-9H,1-2H3,(H,16,20)(H,17,19). The van der Waals surface area contributed by atoms with Crippen LogP contribution in [0, 0.1) is 0 Å². The Labute approximate surface area is 125 Å². The summed E-state index contributed by atoms with van der Waals surface area (Å²) in [5.41, 5.74) is 1.43. The average molecular weight is 335 g/mol. The van der Waals surface area contributed by atoms with Gasteiger partial charge in [-0.3, -0.25) is 4.79 Å². The zero-order valence-corrected chi connectivity index (χ0v) is 12.8. The highest BCUT2D eigenvalue weighted by atomic mass is 79.9. The van der Waals surface area contributed by atoms with Gasteiger partial charge < -0.3 is 10.6 Å². The average Bonchev–Trinajstić information content (AvgIpc) is 2.47. The molecule has 2 rings (SSSR count). The summed E-state index contributed by atoms with van der Waals surface area (Å²) < 4.78 is 1.03. The van der Waals surface area contributed by atoms with Gasteiger partial charge in [0.15, 0.2) is 5.69 Å². The summed E-state index contributed by atoms with van der Waals surface area (Å²) >= 11 is 3.45. The molecule has 0 aliphatic heterocycles. The van der Waals surface area contributed by atoms with E-state index in [0.29, 0.717) is 11.5 Å². The molecule has 1 heterocycles. The summed E-state index contributed by atoms with van der Waals surface area (Å²) in [6, 6.07) is 11.5. The maximum atomic E-state index is 11.4. The van der Waals surface area contributed by atoms with Gasteiger partial charge in [-0.05, 0) is 36.8 Å². The van der Waals surface area contributed by atoms with Crippen molar-refractivity contribution in [3.05, 3.63) is 52.1 Å². The number of aromatic nitrogens is 2. The zero-order chi connectivity index (χ0) is 14.5. The number of hydrogen-bond acceptors (Lipinski definition) is 4. The smallest absolute Gasteiger partial charge is 0.271 e. The topological polar surface area (TPSA) is 66.9 Å². The molecule has 0 bridgehead atoms. The summed E-state index contributed by atoms with van der Waals surface area (Å²) in [6.45, 7) is 2.04. The van der Waals surface area contributed by atoms with Crippen molar-refractivity contribution in [3.63, 3.8) is 0 Å². The molecule has 0 spiro atoms. The molecule has 1 amide bonds. The van der Waals surface area contributed by atoms with Gasteiger partial charge in [-0.2, -0.15) is 0 Å². The predicted octanol–water partition coefficient (Wildman–Crippen LogP) is 2.77. The quantitative estimate of drug-likeness (QED) is 0.902. The molecule has 2 N–H and O–H groups in total. The van der Waals surface area contributed by atoms with Gasteiger partial charge in [-0.1, -0.05) is 28.1 Å². The Balaban J connectivity index is 2.08. The van der Waals surface area contributed by atoms with Crippen LogP contribution in [-0.4, -0.2) is 23.2 Å². The summed E-state index contributed by atoms with van der Waals surface area (Å²) in [5, 5.41) is 13.6. The van der Waals surface area contributed by atoms with Crippen molar-refractivity contribution in [2.45, 2.75) is 13.0 Å². The van der Waals surface area contributed by atoms with Gasteiger partial charge in [0.25, 0.3) is 5.91 Å². The number of carbonyl (C=O) groups excluding carboxylic acids is 1. The van der Waals surface area contributed by atoms with Gasteiger partial charge in [0.1, 0.15) is 5.82 Å². The van der Waals surface area contributed by atoms with Gasteiger partial charge in [0.2, 0.25) is 0 Å². The first-order chi connectivity index (χ1) is 9.60. The molecule has 1 unspecified atom stereocenters. The van der Waals surface area contributed by atoms with Crippen LogP contribution in [0.1, 0.15) is 29.0 Å². The molecule has 0 saturated heterocycles. The minimum atomic E-state index is -0.246. The third-order valence-corrected chi connectivity index (χ3v) is 3.33. The normalized spacial score (nSPS) is 11.8. The van der Waals surface area contributed by atoms with E-state index >= 15 is 0 Å². The number of nitrogens with one attached hydrogen (secondary N) is 2. The first kappa shape index (κ1) is 14.5. The lowest BCUT2D eigenvalue weighted by Crippen LogP contribution is -2.20. The van der Waals surface area contributed by atoms with Crippen molar-refractivity contribution in [1.82, 2.24) is 15.5 Å². The minimum Gasteiger partial charge on any atom is -0.362 e. The van der Waals surface area contributed by atoms with E-state index in [2.05, 4.69) is 36.8 Å². The van der Waals surface area contributed by atoms with Gasteiger partial charge in [0.05, 0.1) is 6.04 Å². The van der Waals surface area contributed by atoms with E-state index in [1.54, 1.807) is 19.2 Å². The number of rotatable bonds is 4. The first-order valence-electron chi connectivity index (χ1n) is 6.18. The van der Waals surface area contributed by atoms with Gasteiger partial charge in [0, 0.05) is 11.5 Å². The Hall–Kier alpha value is -1.95. The van der Waals surface area contributed by atoms with Crippen molar-refractivity contribution in [1.29, 1.82) is 0 Å². The molecule has 6 heteroatoms. The van der Waals surface area contributed by atoms with Gasteiger partial charge >= 0.3 is 0 Å². The number of anilines is 1. The minimum absolute atomic E-state index is 0.0904. The lowest BCUT2D eigenvalue weighted by Gasteiger charge is -2.14. The fourth-order valence-electron chi connectivity index (χ4n) is 1.74. The van der Waals surface area contributed by atoms with Crippen molar-refractivity contribution in [3.8, 4) is 0 Å². The summed E-state index contributed by atoms with van der Waals surface area (Å²) in [6.07, 6.45) is 0. The Kier molecular flexibility index (Phi) is 4.68. The van der Waals surface area contributed by atoms with Crippen LogP contribution in [0.2, 0.25) is 0 Å². The fourth-order valence-corrected chi connectivity index (χ4v) is 2.16. The maximum Gasteiger partial charge on any atom is 0.271 e. The highest BCUT2D eigenvalue weighted by Gasteiger charge is 2.09. The van der Waals surface area contributed by atoms with Crippen LogP contribution in [0.5, 0.6) is 0 Å². The predicted molar refractivity (Wildman–Crippen MR) is 81.6 cm³/mol. The SMILES string of the molecule is CNC(=O)c1ccc(NC(C)c2cccc(Br)c2)nn1. The van der Waals surface area contributed by atoms with Gasteiger partial charge in [-0.15, -0.1) is 10.2 Å². The van der Waals surface area contributed by atoms with E-state index in [9.17, 15) is 4.79 Å². The van der Waals surface area contributed by atoms with E-state index in [4.69, 9.17) is 0 Å². The summed E-state index contributed by atoms with van der Waals surface area (Å²) in [7, 11) is 1.56. The molecule has 20 heavy (non-hydrogen) atoms. The second kappa shape index (κ2) is 6.47. The van der Waals surface area contributed by atoms with E-state index < -0.39 is 0 Å². The fraction of sp³-hybridized carbons (Fsp3) is 0.214. The van der Waals surface area contributed by atoms with Crippen LogP contribution in [-0.2, 0) is 0 Å². The van der Waals surface area contributed by atoms with E-state index in [1.165, 1.54) is 0 Å². The molecular formula is C14H15BrN4O. The Bertz CT molecular complexity index is 600. The van der Waals surface area contributed by atoms with Crippen molar-refractivity contribution < 1.29 is 4.79 Å². The summed E-state index contributed by atoms with van der Waals surface area (Å²) in [5.74, 6) is 0.384. The van der Waals surface area contributed by atoms with Crippen LogP contribution in [0.25, 0.3) is 0 Å². The van der Waals surface area contributed by atoms with Gasteiger partial charge in [-0.25, -0.2) is 0 Å². The molecule has 5 nitrogen and oxygen atoms in total. The van der Waals surface area contributed by atoms with E-state index in [-0.39, 0.29) is 11.9 Å². The number of hydrogen-bond donors (Lipinski definition) is 2. The highest BCUT2D eigenvalue weighted by molar-refractivity contribution is 9.10. The number of nitrogens with zero attached hydrogens (tertiary/aromatic N) is 2. The van der Waals surface area contributed by atoms with Crippen LogP contribution < -0.4 is 10.6 Å². The number of carbonyl (C=O) groups is 1. The highest BCUT2D eigenvalue weighted by Crippen LogP contribution is 2.20. The number of halogens is 1. The molecule has 2 aromatic rings. The molecule has 1 atom stereocenters. The Morgan fingerprint density at radius 3 is 2.65 bits per heavy atom. The largest absolute Gasteiger partial charge is 0.362 e.